The lowest BCUT2D eigenvalue weighted by atomic mass is 9.51. The van der Waals surface area contributed by atoms with Crippen LogP contribution in [0, 0.1) is 17.3 Å². The van der Waals surface area contributed by atoms with Gasteiger partial charge in [0.15, 0.2) is 0 Å². The third-order valence-corrected chi connectivity index (χ3v) is 3.79. The zero-order chi connectivity index (χ0) is 10.1. The molecule has 3 N–H and O–H groups in total. The van der Waals surface area contributed by atoms with Gasteiger partial charge in [-0.25, -0.2) is 0 Å². The molecule has 0 aromatic rings. The summed E-state index contributed by atoms with van der Waals surface area (Å²) in [5.74, 6) is 0.276. The maximum absolute atomic E-state index is 10.7. The molecule has 0 unspecified atom stereocenters. The van der Waals surface area contributed by atoms with E-state index in [1.54, 1.807) is 0 Å². The molecule has 1 saturated carbocycles. The number of hydrogen-bond acceptors (Lipinski definition) is 2. The van der Waals surface area contributed by atoms with Gasteiger partial charge in [-0.1, -0.05) is 20.3 Å². The van der Waals surface area contributed by atoms with Crippen molar-refractivity contribution in [3.63, 3.8) is 0 Å². The summed E-state index contributed by atoms with van der Waals surface area (Å²) in [4.78, 5) is 10.7. The van der Waals surface area contributed by atoms with Crippen molar-refractivity contribution in [1.82, 2.24) is 0 Å². The van der Waals surface area contributed by atoms with E-state index in [1.165, 1.54) is 0 Å². The van der Waals surface area contributed by atoms with Crippen LogP contribution in [-0.4, -0.2) is 17.6 Å². The molecule has 3 atom stereocenters. The van der Waals surface area contributed by atoms with E-state index in [2.05, 4.69) is 13.8 Å². The number of rotatable bonds is 4. The highest BCUT2D eigenvalue weighted by molar-refractivity contribution is 5.68. The first-order valence-electron chi connectivity index (χ1n) is 4.98. The standard InChI is InChI=1S/C10H19NO2/c1-3-8-4-7(2)10(8,6-11)5-9(12)13/h7-8H,3-6,11H2,1-2H3,(H,12,13)/t7-,8+,10-/m1/s1. The van der Waals surface area contributed by atoms with Gasteiger partial charge < -0.3 is 10.8 Å². The molecule has 0 aromatic heterocycles. The first kappa shape index (κ1) is 10.5. The Balaban J connectivity index is 2.71. The van der Waals surface area contributed by atoms with Crippen molar-refractivity contribution in [2.75, 3.05) is 6.54 Å². The maximum atomic E-state index is 10.7. The molecule has 1 rings (SSSR count). The Morgan fingerprint density at radius 1 is 1.69 bits per heavy atom. The fraction of sp³-hybridized carbons (Fsp3) is 0.900. The normalized spacial score (nSPS) is 38.4. The molecule has 0 radical (unpaired) electrons. The molecule has 1 aliphatic rings. The summed E-state index contributed by atoms with van der Waals surface area (Å²) in [7, 11) is 0. The van der Waals surface area contributed by atoms with Crippen LogP contribution in [0.15, 0.2) is 0 Å². The second-order valence-corrected chi connectivity index (χ2v) is 4.25. The van der Waals surface area contributed by atoms with Crippen molar-refractivity contribution in [3.05, 3.63) is 0 Å². The lowest BCUT2D eigenvalue weighted by Crippen LogP contribution is -2.53. The summed E-state index contributed by atoms with van der Waals surface area (Å²) in [6.07, 6.45) is 2.43. The van der Waals surface area contributed by atoms with E-state index >= 15 is 0 Å². The molecular weight excluding hydrogens is 166 g/mol. The molecule has 3 nitrogen and oxygen atoms in total. The monoisotopic (exact) mass is 185 g/mol. The van der Waals surface area contributed by atoms with Crippen molar-refractivity contribution >= 4 is 5.97 Å². The molecule has 1 aliphatic carbocycles. The zero-order valence-electron chi connectivity index (χ0n) is 8.42. The number of nitrogens with two attached hydrogens (primary N) is 1. The van der Waals surface area contributed by atoms with Crippen LogP contribution in [0.4, 0.5) is 0 Å². The topological polar surface area (TPSA) is 63.3 Å². The lowest BCUT2D eigenvalue weighted by molar-refractivity contribution is -0.147. The molecule has 0 spiro atoms. The van der Waals surface area contributed by atoms with E-state index in [-0.39, 0.29) is 11.8 Å². The second-order valence-electron chi connectivity index (χ2n) is 4.25. The number of carboxylic acids is 1. The molecule has 0 heterocycles. The van der Waals surface area contributed by atoms with Gasteiger partial charge in [0.1, 0.15) is 0 Å². The molecule has 0 amide bonds. The van der Waals surface area contributed by atoms with Crippen molar-refractivity contribution in [2.24, 2.45) is 23.0 Å². The minimum absolute atomic E-state index is 0.111. The number of aliphatic carboxylic acids is 1. The third kappa shape index (κ3) is 1.57. The lowest BCUT2D eigenvalue weighted by Gasteiger charge is -2.54. The molecule has 3 heteroatoms. The van der Waals surface area contributed by atoms with Crippen LogP contribution < -0.4 is 5.73 Å². The number of hydrogen-bond donors (Lipinski definition) is 2. The van der Waals surface area contributed by atoms with Crippen molar-refractivity contribution in [3.8, 4) is 0 Å². The fourth-order valence-corrected chi connectivity index (χ4v) is 2.75. The van der Waals surface area contributed by atoms with Gasteiger partial charge in [0.2, 0.25) is 0 Å². The Kier molecular flexibility index (Phi) is 2.96. The average molecular weight is 185 g/mol. The largest absolute Gasteiger partial charge is 0.481 e. The molecule has 1 fully saturated rings. The highest BCUT2D eigenvalue weighted by Gasteiger charge is 2.51. The smallest absolute Gasteiger partial charge is 0.303 e. The third-order valence-electron chi connectivity index (χ3n) is 3.79. The van der Waals surface area contributed by atoms with Crippen LogP contribution in [0.25, 0.3) is 0 Å². The van der Waals surface area contributed by atoms with Gasteiger partial charge in [-0.15, -0.1) is 0 Å². The van der Waals surface area contributed by atoms with Gasteiger partial charge in [0.05, 0.1) is 6.42 Å². The molecule has 0 aliphatic heterocycles. The summed E-state index contributed by atoms with van der Waals surface area (Å²) in [5, 5.41) is 8.82. The van der Waals surface area contributed by atoms with Gasteiger partial charge in [-0.05, 0) is 30.2 Å². The van der Waals surface area contributed by atoms with Crippen LogP contribution in [0.1, 0.15) is 33.1 Å². The van der Waals surface area contributed by atoms with Gasteiger partial charge in [-0.3, -0.25) is 4.79 Å². The van der Waals surface area contributed by atoms with Crippen molar-refractivity contribution in [2.45, 2.75) is 33.1 Å². The van der Waals surface area contributed by atoms with Crippen molar-refractivity contribution < 1.29 is 9.90 Å². The Morgan fingerprint density at radius 3 is 2.62 bits per heavy atom. The summed E-state index contributed by atoms with van der Waals surface area (Å²) >= 11 is 0. The Labute approximate surface area is 79.3 Å². The second kappa shape index (κ2) is 3.66. The first-order chi connectivity index (χ1) is 6.06. The van der Waals surface area contributed by atoms with E-state index in [0.29, 0.717) is 18.4 Å². The minimum Gasteiger partial charge on any atom is -0.481 e. The van der Waals surface area contributed by atoms with Crippen LogP contribution >= 0.6 is 0 Å². The highest BCUT2D eigenvalue weighted by atomic mass is 16.4. The van der Waals surface area contributed by atoms with E-state index in [0.717, 1.165) is 12.8 Å². The Morgan fingerprint density at radius 2 is 2.31 bits per heavy atom. The first-order valence-corrected chi connectivity index (χ1v) is 4.98. The van der Waals surface area contributed by atoms with E-state index in [9.17, 15) is 4.79 Å². The maximum Gasteiger partial charge on any atom is 0.303 e. The van der Waals surface area contributed by atoms with E-state index < -0.39 is 5.97 Å². The van der Waals surface area contributed by atoms with Crippen LogP contribution in [0.3, 0.4) is 0 Å². The van der Waals surface area contributed by atoms with Gasteiger partial charge in [0.25, 0.3) is 0 Å². The summed E-state index contributed by atoms with van der Waals surface area (Å²) in [5.41, 5.74) is 5.60. The predicted octanol–water partition coefficient (Wildman–Crippen LogP) is 1.47. The average Bonchev–Trinajstić information content (AvgIpc) is 2.09. The van der Waals surface area contributed by atoms with Gasteiger partial charge in [-0.2, -0.15) is 0 Å². The SMILES string of the molecule is CC[C@H]1C[C@@H](C)[C@]1(CN)CC(=O)O. The quantitative estimate of drug-likeness (QED) is 0.697. The molecule has 13 heavy (non-hydrogen) atoms. The number of carbonyl (C=O) groups is 1. The fourth-order valence-electron chi connectivity index (χ4n) is 2.75. The molecule has 0 saturated heterocycles. The van der Waals surface area contributed by atoms with Crippen LogP contribution in [0.5, 0.6) is 0 Å². The minimum atomic E-state index is -0.713. The summed E-state index contributed by atoms with van der Waals surface area (Å²) in [6.45, 7) is 4.74. The number of carboxylic acid groups (broad SMARTS) is 1. The van der Waals surface area contributed by atoms with E-state index in [4.69, 9.17) is 10.8 Å². The van der Waals surface area contributed by atoms with Gasteiger partial charge >= 0.3 is 5.97 Å². The predicted molar refractivity (Wildman–Crippen MR) is 51.3 cm³/mol. The highest BCUT2D eigenvalue weighted by Crippen LogP contribution is 2.54. The molecule has 0 bridgehead atoms. The van der Waals surface area contributed by atoms with E-state index in [1.807, 2.05) is 0 Å². The summed E-state index contributed by atoms with van der Waals surface area (Å²) < 4.78 is 0. The zero-order valence-corrected chi connectivity index (χ0v) is 8.42. The molecule has 0 aromatic carbocycles. The van der Waals surface area contributed by atoms with Crippen molar-refractivity contribution in [1.29, 1.82) is 0 Å². The Bertz CT molecular complexity index is 205. The van der Waals surface area contributed by atoms with Crippen LogP contribution in [0.2, 0.25) is 0 Å². The van der Waals surface area contributed by atoms with Crippen LogP contribution in [-0.2, 0) is 4.79 Å². The molecule has 76 valence electrons. The summed E-state index contributed by atoms with van der Waals surface area (Å²) in [6, 6.07) is 0. The van der Waals surface area contributed by atoms with Gasteiger partial charge in [0, 0.05) is 0 Å². The molecular formula is C10H19NO2. The Hall–Kier alpha value is -0.570.